The first-order chi connectivity index (χ1) is 11.2. The molecule has 2 unspecified atom stereocenters. The van der Waals surface area contributed by atoms with Crippen LogP contribution in [0.4, 0.5) is 0 Å². The molecule has 1 aromatic rings. The quantitative estimate of drug-likeness (QED) is 0.837. The third-order valence-corrected chi connectivity index (χ3v) is 5.27. The second-order valence-corrected chi connectivity index (χ2v) is 7.30. The van der Waals surface area contributed by atoms with E-state index in [1.165, 1.54) is 11.8 Å². The van der Waals surface area contributed by atoms with E-state index in [0.29, 0.717) is 23.7 Å². The van der Waals surface area contributed by atoms with Crippen LogP contribution in [-0.2, 0) is 9.53 Å². The summed E-state index contributed by atoms with van der Waals surface area (Å²) < 4.78 is 5.65. The Morgan fingerprint density at radius 3 is 2.33 bits per heavy atom. The number of thioether (sulfide) groups is 1. The van der Waals surface area contributed by atoms with Crippen LogP contribution in [-0.4, -0.2) is 52.7 Å². The Labute approximate surface area is 147 Å². The molecule has 132 valence electrons. The monoisotopic (exact) mass is 351 g/mol. The topological polar surface area (TPSA) is 85.5 Å². The summed E-state index contributed by atoms with van der Waals surface area (Å²) in [6.45, 7) is 10.8. The van der Waals surface area contributed by atoms with Crippen molar-refractivity contribution in [1.82, 2.24) is 9.88 Å². The van der Waals surface area contributed by atoms with E-state index in [-0.39, 0.29) is 23.9 Å². The minimum Gasteiger partial charge on any atom is -0.372 e. The number of carbonyl (C=O) groups is 2. The lowest BCUT2D eigenvalue weighted by Crippen LogP contribution is -2.48. The van der Waals surface area contributed by atoms with Crippen molar-refractivity contribution in [2.75, 3.05) is 18.8 Å². The summed E-state index contributed by atoms with van der Waals surface area (Å²) >= 11 is 1.27. The van der Waals surface area contributed by atoms with E-state index in [4.69, 9.17) is 10.5 Å². The standard InChI is InChI=1S/C17H25N3O3S/c1-9-6-20(7-10(2)23-9)14(21)8-24-17-15(16(18)22)12(4)11(3)13(5)19-17/h9-10H,6-8H2,1-5H3,(H2,18,22). The average Bonchev–Trinajstić information content (AvgIpc) is 2.48. The fourth-order valence-electron chi connectivity index (χ4n) is 2.91. The third-order valence-electron chi connectivity index (χ3n) is 4.31. The van der Waals surface area contributed by atoms with Gasteiger partial charge in [0.05, 0.1) is 23.5 Å². The molecular weight excluding hydrogens is 326 g/mol. The molecule has 0 saturated carbocycles. The Morgan fingerprint density at radius 1 is 1.21 bits per heavy atom. The predicted molar refractivity (Wildman–Crippen MR) is 94.3 cm³/mol. The van der Waals surface area contributed by atoms with Gasteiger partial charge in [-0.05, 0) is 45.7 Å². The van der Waals surface area contributed by atoms with Crippen LogP contribution in [0.3, 0.4) is 0 Å². The van der Waals surface area contributed by atoms with E-state index in [0.717, 1.165) is 16.8 Å². The second kappa shape index (κ2) is 7.53. The highest BCUT2D eigenvalue weighted by Gasteiger charge is 2.26. The van der Waals surface area contributed by atoms with Gasteiger partial charge in [0.2, 0.25) is 5.91 Å². The lowest BCUT2D eigenvalue weighted by atomic mass is 10.0. The zero-order valence-electron chi connectivity index (χ0n) is 14.9. The lowest BCUT2D eigenvalue weighted by Gasteiger charge is -2.35. The van der Waals surface area contributed by atoms with E-state index in [2.05, 4.69) is 4.98 Å². The van der Waals surface area contributed by atoms with E-state index in [1.54, 1.807) is 0 Å². The van der Waals surface area contributed by atoms with Gasteiger partial charge in [0, 0.05) is 18.8 Å². The van der Waals surface area contributed by atoms with Gasteiger partial charge >= 0.3 is 0 Å². The number of aromatic nitrogens is 1. The van der Waals surface area contributed by atoms with Crippen LogP contribution in [0.2, 0.25) is 0 Å². The van der Waals surface area contributed by atoms with Crippen molar-refractivity contribution in [2.45, 2.75) is 51.9 Å². The Bertz CT molecular complexity index is 653. The summed E-state index contributed by atoms with van der Waals surface area (Å²) in [5.74, 6) is -0.254. The number of aryl methyl sites for hydroxylation is 1. The molecular formula is C17H25N3O3S. The highest BCUT2D eigenvalue weighted by Crippen LogP contribution is 2.27. The Morgan fingerprint density at radius 2 is 1.79 bits per heavy atom. The lowest BCUT2D eigenvalue weighted by molar-refractivity contribution is -0.140. The molecule has 0 aromatic carbocycles. The SMILES string of the molecule is Cc1nc(SCC(=O)N2CC(C)OC(C)C2)c(C(N)=O)c(C)c1C. The fourth-order valence-corrected chi connectivity index (χ4v) is 3.95. The first-order valence-corrected chi connectivity index (χ1v) is 9.02. The highest BCUT2D eigenvalue weighted by molar-refractivity contribution is 8.00. The summed E-state index contributed by atoms with van der Waals surface area (Å²) in [7, 11) is 0. The molecule has 2 heterocycles. The fraction of sp³-hybridized carbons (Fsp3) is 0.588. The van der Waals surface area contributed by atoms with Gasteiger partial charge in [-0.15, -0.1) is 0 Å². The van der Waals surface area contributed by atoms with Gasteiger partial charge in [0.25, 0.3) is 5.91 Å². The Kier molecular flexibility index (Phi) is 5.87. The normalized spacial score (nSPS) is 21.0. The van der Waals surface area contributed by atoms with Gasteiger partial charge in [0.1, 0.15) is 5.03 Å². The molecule has 1 fully saturated rings. The molecule has 6 nitrogen and oxygen atoms in total. The highest BCUT2D eigenvalue weighted by atomic mass is 32.2. The predicted octanol–water partition coefficient (Wildman–Crippen LogP) is 1.83. The van der Waals surface area contributed by atoms with Crippen molar-refractivity contribution in [3.8, 4) is 0 Å². The third kappa shape index (κ3) is 4.08. The zero-order valence-corrected chi connectivity index (χ0v) is 15.7. The number of rotatable bonds is 4. The number of amides is 2. The maximum absolute atomic E-state index is 12.5. The number of nitrogens with zero attached hydrogens (tertiary/aromatic N) is 2. The second-order valence-electron chi connectivity index (χ2n) is 6.34. The molecule has 2 rings (SSSR count). The summed E-state index contributed by atoms with van der Waals surface area (Å²) in [6.07, 6.45) is 0.0664. The van der Waals surface area contributed by atoms with Crippen LogP contribution in [0.5, 0.6) is 0 Å². The maximum Gasteiger partial charge on any atom is 0.251 e. The molecule has 7 heteroatoms. The van der Waals surface area contributed by atoms with Gasteiger partial charge in [0.15, 0.2) is 0 Å². The number of primary amides is 1. The summed E-state index contributed by atoms with van der Waals surface area (Å²) in [4.78, 5) is 30.6. The number of carbonyl (C=O) groups excluding carboxylic acids is 2. The summed E-state index contributed by atoms with van der Waals surface area (Å²) in [5, 5.41) is 0.533. The maximum atomic E-state index is 12.5. The van der Waals surface area contributed by atoms with Crippen LogP contribution in [0.25, 0.3) is 0 Å². The van der Waals surface area contributed by atoms with Crippen molar-refractivity contribution < 1.29 is 14.3 Å². The molecule has 1 saturated heterocycles. The van der Waals surface area contributed by atoms with Gasteiger partial charge in [-0.2, -0.15) is 0 Å². The molecule has 0 radical (unpaired) electrons. The molecule has 2 atom stereocenters. The molecule has 1 aliphatic rings. The average molecular weight is 351 g/mol. The van der Waals surface area contributed by atoms with Gasteiger partial charge in [-0.25, -0.2) is 4.98 Å². The molecule has 1 aromatic heterocycles. The first-order valence-electron chi connectivity index (χ1n) is 8.04. The minimum atomic E-state index is -0.508. The molecule has 0 bridgehead atoms. The largest absolute Gasteiger partial charge is 0.372 e. The van der Waals surface area contributed by atoms with Crippen molar-refractivity contribution >= 4 is 23.6 Å². The number of hydrogen-bond acceptors (Lipinski definition) is 5. The number of hydrogen-bond donors (Lipinski definition) is 1. The van der Waals surface area contributed by atoms with Crippen molar-refractivity contribution in [3.05, 3.63) is 22.4 Å². The molecule has 1 aliphatic heterocycles. The zero-order chi connectivity index (χ0) is 18.0. The number of ether oxygens (including phenoxy) is 1. The van der Waals surface area contributed by atoms with Gasteiger partial charge < -0.3 is 15.4 Å². The van der Waals surface area contributed by atoms with Crippen LogP contribution in [0.15, 0.2) is 5.03 Å². The minimum absolute atomic E-state index is 0.0232. The van der Waals surface area contributed by atoms with Gasteiger partial charge in [-0.3, -0.25) is 9.59 Å². The van der Waals surface area contributed by atoms with Crippen molar-refractivity contribution in [1.29, 1.82) is 0 Å². The molecule has 2 amide bonds. The molecule has 24 heavy (non-hydrogen) atoms. The van der Waals surface area contributed by atoms with E-state index in [9.17, 15) is 9.59 Å². The van der Waals surface area contributed by atoms with E-state index in [1.807, 2.05) is 39.5 Å². The van der Waals surface area contributed by atoms with Gasteiger partial charge in [-0.1, -0.05) is 11.8 Å². The Hall–Kier alpha value is -1.60. The van der Waals surface area contributed by atoms with Crippen LogP contribution >= 0.6 is 11.8 Å². The van der Waals surface area contributed by atoms with E-state index < -0.39 is 5.91 Å². The number of pyridine rings is 1. The van der Waals surface area contributed by atoms with Crippen LogP contribution in [0, 0.1) is 20.8 Å². The molecule has 0 spiro atoms. The molecule has 2 N–H and O–H groups in total. The number of nitrogens with two attached hydrogens (primary N) is 1. The Balaban J connectivity index is 2.14. The smallest absolute Gasteiger partial charge is 0.251 e. The first kappa shape index (κ1) is 18.7. The summed E-state index contributed by atoms with van der Waals surface area (Å²) in [5.41, 5.74) is 8.57. The molecule has 0 aliphatic carbocycles. The van der Waals surface area contributed by atoms with Crippen molar-refractivity contribution in [2.24, 2.45) is 5.73 Å². The van der Waals surface area contributed by atoms with Crippen LogP contribution < -0.4 is 5.73 Å². The summed E-state index contributed by atoms with van der Waals surface area (Å²) in [6, 6.07) is 0. The van der Waals surface area contributed by atoms with E-state index >= 15 is 0 Å². The van der Waals surface area contributed by atoms with Crippen LogP contribution in [0.1, 0.15) is 41.0 Å². The number of morpholine rings is 1. The van der Waals surface area contributed by atoms with Crippen molar-refractivity contribution in [3.63, 3.8) is 0 Å².